The predicted molar refractivity (Wildman–Crippen MR) is 75.6 cm³/mol. The molecule has 0 saturated carbocycles. The average molecular weight is 307 g/mol. The monoisotopic (exact) mass is 307 g/mol. The Hall–Kier alpha value is -2.35. The first kappa shape index (κ1) is 14.6. The van der Waals surface area contributed by atoms with E-state index in [0.29, 0.717) is 12.4 Å². The molecule has 8 heteroatoms. The fourth-order valence-corrected chi connectivity index (χ4v) is 2.31. The second-order valence-corrected chi connectivity index (χ2v) is 5.24. The molecule has 0 aliphatic carbocycles. The van der Waals surface area contributed by atoms with E-state index in [2.05, 4.69) is 20.7 Å². The highest BCUT2D eigenvalue weighted by Gasteiger charge is 2.42. The molecule has 1 fully saturated rings. The molecule has 0 bridgehead atoms. The third kappa shape index (κ3) is 3.45. The van der Waals surface area contributed by atoms with Gasteiger partial charge in [-0.3, -0.25) is 19.8 Å². The van der Waals surface area contributed by atoms with Crippen LogP contribution in [0.2, 0.25) is 0 Å². The van der Waals surface area contributed by atoms with Crippen LogP contribution in [0.25, 0.3) is 0 Å². The third-order valence-electron chi connectivity index (χ3n) is 3.41. The zero-order chi connectivity index (χ0) is 15.6. The molecule has 22 heavy (non-hydrogen) atoms. The maximum absolute atomic E-state index is 13.1. The van der Waals surface area contributed by atoms with Crippen molar-refractivity contribution in [3.63, 3.8) is 0 Å². The van der Waals surface area contributed by atoms with Crippen molar-refractivity contribution in [3.05, 3.63) is 42.4 Å². The number of nitrogens with one attached hydrogen (secondary N) is 2. The summed E-state index contributed by atoms with van der Waals surface area (Å²) in [7, 11) is 0. The second kappa shape index (κ2) is 5.80. The van der Waals surface area contributed by atoms with Crippen molar-refractivity contribution in [3.8, 4) is 0 Å². The summed E-state index contributed by atoms with van der Waals surface area (Å²) in [6, 6.07) is 4.47. The molecule has 0 spiro atoms. The van der Waals surface area contributed by atoms with E-state index in [1.165, 1.54) is 0 Å². The molecular weight excluding hydrogens is 292 g/mol. The van der Waals surface area contributed by atoms with Crippen molar-refractivity contribution in [1.29, 1.82) is 0 Å². The van der Waals surface area contributed by atoms with Crippen LogP contribution >= 0.6 is 0 Å². The lowest BCUT2D eigenvalue weighted by Crippen LogP contribution is -2.35. The van der Waals surface area contributed by atoms with Gasteiger partial charge in [-0.1, -0.05) is 0 Å². The van der Waals surface area contributed by atoms with Crippen molar-refractivity contribution in [2.75, 3.05) is 11.9 Å². The van der Waals surface area contributed by atoms with E-state index in [-0.39, 0.29) is 0 Å². The highest BCUT2D eigenvalue weighted by Crippen LogP contribution is 2.25. The second-order valence-electron chi connectivity index (χ2n) is 5.24. The van der Waals surface area contributed by atoms with Gasteiger partial charge in [0.2, 0.25) is 5.91 Å². The Morgan fingerprint density at radius 1 is 1.41 bits per heavy atom. The van der Waals surface area contributed by atoms with Crippen molar-refractivity contribution in [2.24, 2.45) is 0 Å². The van der Waals surface area contributed by atoms with Crippen LogP contribution in [0.5, 0.6) is 0 Å². The summed E-state index contributed by atoms with van der Waals surface area (Å²) in [6.45, 7) is 0.0692. The lowest BCUT2D eigenvalue weighted by Gasteiger charge is -2.09. The van der Waals surface area contributed by atoms with E-state index < -0.39 is 30.8 Å². The lowest BCUT2D eigenvalue weighted by atomic mass is 10.2. The Morgan fingerprint density at radius 3 is 2.86 bits per heavy atom. The molecule has 1 aliphatic heterocycles. The molecule has 0 aromatic carbocycles. The molecule has 1 aliphatic rings. The Morgan fingerprint density at radius 2 is 2.18 bits per heavy atom. The van der Waals surface area contributed by atoms with Crippen LogP contribution in [0.15, 0.2) is 36.8 Å². The van der Waals surface area contributed by atoms with E-state index in [9.17, 15) is 13.6 Å². The Balaban J connectivity index is 1.59. The van der Waals surface area contributed by atoms with Gasteiger partial charge in [0.05, 0.1) is 19.1 Å². The molecule has 3 heterocycles. The number of carbonyl (C=O) groups is 1. The summed E-state index contributed by atoms with van der Waals surface area (Å²) < 4.78 is 27.8. The largest absolute Gasteiger partial charge is 0.308 e. The molecule has 1 saturated heterocycles. The number of halogens is 2. The van der Waals surface area contributed by atoms with Gasteiger partial charge in [0.25, 0.3) is 5.92 Å². The maximum atomic E-state index is 13.1. The lowest BCUT2D eigenvalue weighted by molar-refractivity contribution is -0.118. The van der Waals surface area contributed by atoms with Crippen molar-refractivity contribution >= 4 is 11.7 Å². The van der Waals surface area contributed by atoms with Crippen molar-refractivity contribution in [1.82, 2.24) is 20.1 Å². The summed E-state index contributed by atoms with van der Waals surface area (Å²) in [5, 5.41) is 9.26. The molecule has 1 amide bonds. The summed E-state index contributed by atoms with van der Waals surface area (Å²) in [6.07, 6.45) is 4.60. The number of carbonyl (C=O) groups excluding carboxylic acids is 1. The molecule has 1 atom stereocenters. The standard InChI is InChI=1S/C14H15F2N5O/c15-14(16)7-11(18-9-14)13(22)19-12-3-6-21(20-12)8-10-1-4-17-5-2-10/h1-6,11,18H,7-9H2,(H,19,20,22). The van der Waals surface area contributed by atoms with Gasteiger partial charge in [-0.15, -0.1) is 0 Å². The minimum atomic E-state index is -2.83. The maximum Gasteiger partial charge on any atom is 0.262 e. The van der Waals surface area contributed by atoms with Crippen LogP contribution in [0, 0.1) is 0 Å². The molecule has 116 valence electrons. The van der Waals surface area contributed by atoms with Crippen molar-refractivity contribution < 1.29 is 13.6 Å². The van der Waals surface area contributed by atoms with E-state index >= 15 is 0 Å². The van der Waals surface area contributed by atoms with E-state index in [1.54, 1.807) is 29.3 Å². The SMILES string of the molecule is O=C(Nc1ccn(Cc2ccncc2)n1)C1CC(F)(F)CN1. The number of amides is 1. The first-order chi connectivity index (χ1) is 10.5. The number of aromatic nitrogens is 3. The minimum Gasteiger partial charge on any atom is -0.308 e. The van der Waals surface area contributed by atoms with Gasteiger partial charge in [0.1, 0.15) is 0 Å². The number of hydrogen-bond acceptors (Lipinski definition) is 4. The van der Waals surface area contributed by atoms with E-state index in [1.807, 2.05) is 12.1 Å². The number of nitrogens with zero attached hydrogens (tertiary/aromatic N) is 3. The fraction of sp³-hybridized carbons (Fsp3) is 0.357. The summed E-state index contributed by atoms with van der Waals surface area (Å²) in [4.78, 5) is 15.8. The molecule has 2 N–H and O–H groups in total. The van der Waals surface area contributed by atoms with Crippen LogP contribution in [0.3, 0.4) is 0 Å². The van der Waals surface area contributed by atoms with Crippen LogP contribution in [-0.2, 0) is 11.3 Å². The first-order valence-electron chi connectivity index (χ1n) is 6.86. The minimum absolute atomic E-state index is 0.344. The van der Waals surface area contributed by atoms with E-state index in [0.717, 1.165) is 5.56 Å². The summed E-state index contributed by atoms with van der Waals surface area (Å²) in [5.41, 5.74) is 1.02. The zero-order valence-corrected chi connectivity index (χ0v) is 11.7. The highest BCUT2D eigenvalue weighted by molar-refractivity contribution is 5.94. The number of hydrogen-bond donors (Lipinski definition) is 2. The fourth-order valence-electron chi connectivity index (χ4n) is 2.31. The van der Waals surface area contributed by atoms with Crippen LogP contribution in [0.1, 0.15) is 12.0 Å². The quantitative estimate of drug-likeness (QED) is 0.892. The molecule has 6 nitrogen and oxygen atoms in total. The summed E-state index contributed by atoms with van der Waals surface area (Å²) in [5.74, 6) is -2.98. The molecule has 3 rings (SSSR count). The van der Waals surface area contributed by atoms with Gasteiger partial charge in [-0.05, 0) is 17.7 Å². The van der Waals surface area contributed by atoms with Gasteiger partial charge in [-0.25, -0.2) is 8.78 Å². The highest BCUT2D eigenvalue weighted by atomic mass is 19.3. The van der Waals surface area contributed by atoms with Crippen molar-refractivity contribution in [2.45, 2.75) is 24.9 Å². The predicted octanol–water partition coefficient (Wildman–Crippen LogP) is 1.26. The normalized spacial score (nSPS) is 20.0. The van der Waals surface area contributed by atoms with Gasteiger partial charge in [0, 0.05) is 31.1 Å². The number of anilines is 1. The summed E-state index contributed by atoms with van der Waals surface area (Å²) >= 11 is 0. The Kier molecular flexibility index (Phi) is 3.84. The first-order valence-corrected chi connectivity index (χ1v) is 6.86. The van der Waals surface area contributed by atoms with Gasteiger partial charge >= 0.3 is 0 Å². The third-order valence-corrected chi connectivity index (χ3v) is 3.41. The van der Waals surface area contributed by atoms with E-state index in [4.69, 9.17) is 0 Å². The van der Waals surface area contributed by atoms with Gasteiger partial charge in [-0.2, -0.15) is 5.10 Å². The molecule has 2 aromatic rings. The topological polar surface area (TPSA) is 71.8 Å². The molecular formula is C14H15F2N5O. The van der Waals surface area contributed by atoms with Crippen LogP contribution < -0.4 is 10.6 Å². The molecule has 0 radical (unpaired) electrons. The van der Waals surface area contributed by atoms with Crippen LogP contribution in [-0.4, -0.2) is 39.2 Å². The number of alkyl halides is 2. The molecule has 2 aromatic heterocycles. The Bertz CT molecular complexity index is 658. The van der Waals surface area contributed by atoms with Gasteiger partial charge in [0.15, 0.2) is 5.82 Å². The number of pyridine rings is 1. The molecule has 1 unspecified atom stereocenters. The number of rotatable bonds is 4. The zero-order valence-electron chi connectivity index (χ0n) is 11.7. The van der Waals surface area contributed by atoms with Crippen LogP contribution in [0.4, 0.5) is 14.6 Å². The van der Waals surface area contributed by atoms with Gasteiger partial charge < -0.3 is 5.32 Å². The smallest absolute Gasteiger partial charge is 0.262 e. The average Bonchev–Trinajstić information content (AvgIpc) is 3.06. The Labute approximate surface area is 125 Å².